The third kappa shape index (κ3) is 7.53. The molecule has 0 radical (unpaired) electrons. The highest BCUT2D eigenvalue weighted by atomic mass is 32.3. The summed E-state index contributed by atoms with van der Waals surface area (Å²) in [5.41, 5.74) is 0. The number of carbonyl (C=O) groups excluding carboxylic acids is 1. The molecule has 0 unspecified atom stereocenters. The minimum Gasteiger partial charge on any atom is -0.726 e. The Kier molecular flexibility index (Phi) is 7.75. The van der Waals surface area contributed by atoms with Crippen LogP contribution < -0.4 is 5.32 Å². The van der Waals surface area contributed by atoms with Crippen molar-refractivity contribution in [2.45, 2.75) is 39.5 Å². The summed E-state index contributed by atoms with van der Waals surface area (Å²) in [6.45, 7) is 7.95. The summed E-state index contributed by atoms with van der Waals surface area (Å²) in [6.07, 6.45) is 4.01. The maximum absolute atomic E-state index is 11.6. The lowest BCUT2D eigenvalue weighted by atomic mass is 10.1. The Balaban J connectivity index is 2.42. The van der Waals surface area contributed by atoms with Crippen LogP contribution in [0.3, 0.4) is 0 Å². The summed E-state index contributed by atoms with van der Waals surface area (Å²) in [6, 6.07) is 0. The van der Waals surface area contributed by atoms with Gasteiger partial charge in [-0.3, -0.25) is 8.98 Å². The van der Waals surface area contributed by atoms with Gasteiger partial charge in [0.2, 0.25) is 16.3 Å². The largest absolute Gasteiger partial charge is 0.726 e. The average Bonchev–Trinajstić information content (AvgIpc) is 2.43. The standard InChI is InChI=1S/C14H28N2O5S/c1-13(2)14(17)15-7-11-16(8-4-3-5-9-16)10-6-12-21-22(18,19)20/h13H,3-12H2,1-2H3,(H-,15,17,18,19,20). The van der Waals surface area contributed by atoms with E-state index in [1.807, 2.05) is 13.8 Å². The van der Waals surface area contributed by atoms with Gasteiger partial charge in [0.1, 0.15) is 0 Å². The number of quaternary nitrogens is 1. The number of rotatable bonds is 9. The first kappa shape index (κ1) is 19.3. The number of likely N-dealkylation sites (tertiary alicyclic amines) is 1. The fourth-order valence-corrected chi connectivity index (χ4v) is 3.25. The number of hydrogen-bond donors (Lipinski definition) is 1. The van der Waals surface area contributed by atoms with Gasteiger partial charge in [-0.1, -0.05) is 13.8 Å². The molecule has 1 N–H and O–H groups in total. The van der Waals surface area contributed by atoms with Crippen LogP contribution in [0.4, 0.5) is 0 Å². The van der Waals surface area contributed by atoms with Crippen LogP contribution in [0.15, 0.2) is 0 Å². The van der Waals surface area contributed by atoms with E-state index < -0.39 is 10.4 Å². The molecule has 1 rings (SSSR count). The summed E-state index contributed by atoms with van der Waals surface area (Å²) in [5.74, 6) is 0.0291. The molecule has 130 valence electrons. The van der Waals surface area contributed by atoms with Crippen LogP contribution >= 0.6 is 0 Å². The lowest BCUT2D eigenvalue weighted by Gasteiger charge is -2.41. The number of piperidine rings is 1. The van der Waals surface area contributed by atoms with Gasteiger partial charge in [-0.05, 0) is 19.3 Å². The molecule has 0 aromatic heterocycles. The van der Waals surface area contributed by atoms with Crippen molar-refractivity contribution in [1.82, 2.24) is 5.32 Å². The number of amides is 1. The van der Waals surface area contributed by atoms with Crippen molar-refractivity contribution >= 4 is 16.3 Å². The Bertz CT molecular complexity index is 444. The minimum atomic E-state index is -4.60. The molecule has 0 atom stereocenters. The van der Waals surface area contributed by atoms with E-state index in [1.54, 1.807) is 0 Å². The highest BCUT2D eigenvalue weighted by Crippen LogP contribution is 2.19. The van der Waals surface area contributed by atoms with Crippen LogP contribution in [-0.2, 0) is 19.4 Å². The molecule has 1 fully saturated rings. The highest BCUT2D eigenvalue weighted by Gasteiger charge is 2.29. The Morgan fingerprint density at radius 3 is 2.41 bits per heavy atom. The van der Waals surface area contributed by atoms with E-state index in [9.17, 15) is 17.8 Å². The fourth-order valence-electron chi connectivity index (χ4n) is 2.92. The summed E-state index contributed by atoms with van der Waals surface area (Å²) in [7, 11) is -4.60. The number of carbonyl (C=O) groups is 1. The van der Waals surface area contributed by atoms with Crippen LogP contribution in [0.1, 0.15) is 39.5 Å². The molecule has 0 aromatic carbocycles. The Labute approximate surface area is 133 Å². The first-order chi connectivity index (χ1) is 10.2. The molecule has 0 aliphatic carbocycles. The topological polar surface area (TPSA) is 95.5 Å². The SMILES string of the molecule is CC(C)C(=O)NCC[N+]1(CCCOS(=O)(=O)[O-])CCCCC1. The number of nitrogens with one attached hydrogen (secondary N) is 1. The van der Waals surface area contributed by atoms with Gasteiger partial charge in [0.05, 0.1) is 39.3 Å². The summed E-state index contributed by atoms with van der Waals surface area (Å²) in [5, 5.41) is 2.94. The van der Waals surface area contributed by atoms with Gasteiger partial charge in [0, 0.05) is 12.3 Å². The Hall–Kier alpha value is -0.700. The lowest BCUT2D eigenvalue weighted by Crippen LogP contribution is -2.55. The number of nitrogens with zero attached hydrogens (tertiary/aromatic N) is 1. The van der Waals surface area contributed by atoms with Gasteiger partial charge in [-0.2, -0.15) is 0 Å². The van der Waals surface area contributed by atoms with Crippen LogP contribution in [0.5, 0.6) is 0 Å². The van der Waals surface area contributed by atoms with Crippen LogP contribution in [0.2, 0.25) is 0 Å². The predicted molar refractivity (Wildman–Crippen MR) is 81.7 cm³/mol. The van der Waals surface area contributed by atoms with Gasteiger partial charge < -0.3 is 14.4 Å². The molecule has 1 aliphatic heterocycles. The maximum atomic E-state index is 11.6. The van der Waals surface area contributed by atoms with Crippen molar-refractivity contribution in [3.05, 3.63) is 0 Å². The van der Waals surface area contributed by atoms with Gasteiger partial charge >= 0.3 is 0 Å². The molecule has 0 aromatic rings. The molecular formula is C14H28N2O5S. The van der Waals surface area contributed by atoms with Crippen LogP contribution in [-0.4, -0.2) is 62.7 Å². The summed E-state index contributed by atoms with van der Waals surface area (Å²) >= 11 is 0. The molecule has 1 heterocycles. The van der Waals surface area contributed by atoms with E-state index in [2.05, 4.69) is 9.50 Å². The van der Waals surface area contributed by atoms with Crippen molar-refractivity contribution in [3.8, 4) is 0 Å². The molecule has 22 heavy (non-hydrogen) atoms. The van der Waals surface area contributed by atoms with Crippen molar-refractivity contribution in [2.24, 2.45) is 5.92 Å². The van der Waals surface area contributed by atoms with E-state index in [4.69, 9.17) is 0 Å². The quantitative estimate of drug-likeness (QED) is 0.288. The summed E-state index contributed by atoms with van der Waals surface area (Å²) in [4.78, 5) is 11.6. The van der Waals surface area contributed by atoms with E-state index in [0.29, 0.717) is 13.0 Å². The van der Waals surface area contributed by atoms with Crippen LogP contribution in [0, 0.1) is 5.92 Å². The third-order valence-electron chi connectivity index (χ3n) is 4.18. The predicted octanol–water partition coefficient (Wildman–Crippen LogP) is 0.626. The van der Waals surface area contributed by atoms with E-state index in [-0.39, 0.29) is 18.4 Å². The van der Waals surface area contributed by atoms with E-state index >= 15 is 0 Å². The smallest absolute Gasteiger partial charge is 0.222 e. The maximum Gasteiger partial charge on any atom is 0.222 e. The normalized spacial score (nSPS) is 18.4. The molecule has 1 saturated heterocycles. The zero-order valence-corrected chi connectivity index (χ0v) is 14.4. The molecule has 8 heteroatoms. The van der Waals surface area contributed by atoms with E-state index in [0.717, 1.165) is 43.5 Å². The second-order valence-electron chi connectivity index (χ2n) is 6.33. The molecule has 1 aliphatic rings. The van der Waals surface area contributed by atoms with Crippen molar-refractivity contribution in [1.29, 1.82) is 0 Å². The second-order valence-corrected chi connectivity index (χ2v) is 7.38. The fraction of sp³-hybridized carbons (Fsp3) is 0.929. The van der Waals surface area contributed by atoms with Gasteiger partial charge in [0.25, 0.3) is 0 Å². The molecule has 0 spiro atoms. The highest BCUT2D eigenvalue weighted by molar-refractivity contribution is 7.80. The molecular weight excluding hydrogens is 308 g/mol. The third-order valence-corrected chi connectivity index (χ3v) is 4.63. The molecule has 0 saturated carbocycles. The molecule has 0 bridgehead atoms. The van der Waals surface area contributed by atoms with Gasteiger partial charge in [-0.15, -0.1) is 0 Å². The zero-order chi connectivity index (χ0) is 16.6. The van der Waals surface area contributed by atoms with Crippen molar-refractivity contribution in [2.75, 3.05) is 39.3 Å². The Morgan fingerprint density at radius 1 is 1.23 bits per heavy atom. The monoisotopic (exact) mass is 336 g/mol. The molecule has 1 amide bonds. The van der Waals surface area contributed by atoms with Crippen molar-refractivity contribution in [3.63, 3.8) is 0 Å². The van der Waals surface area contributed by atoms with E-state index in [1.165, 1.54) is 6.42 Å². The van der Waals surface area contributed by atoms with Crippen molar-refractivity contribution < 1.29 is 26.4 Å². The Morgan fingerprint density at radius 2 is 1.86 bits per heavy atom. The van der Waals surface area contributed by atoms with Crippen LogP contribution in [0.25, 0.3) is 0 Å². The van der Waals surface area contributed by atoms with Gasteiger partial charge in [0.15, 0.2) is 0 Å². The minimum absolute atomic E-state index is 0.0227. The molecule has 7 nitrogen and oxygen atoms in total. The number of hydrogen-bond acceptors (Lipinski definition) is 5. The second kappa shape index (κ2) is 8.81. The summed E-state index contributed by atoms with van der Waals surface area (Å²) < 4.78 is 36.5. The first-order valence-corrected chi connectivity index (χ1v) is 9.30. The lowest BCUT2D eigenvalue weighted by molar-refractivity contribution is -0.931. The average molecular weight is 336 g/mol. The van der Waals surface area contributed by atoms with Gasteiger partial charge in [-0.25, -0.2) is 8.42 Å². The zero-order valence-electron chi connectivity index (χ0n) is 13.5. The first-order valence-electron chi connectivity index (χ1n) is 7.97.